The van der Waals surface area contributed by atoms with E-state index in [-0.39, 0.29) is 6.04 Å². The minimum absolute atomic E-state index is 0.112. The van der Waals surface area contributed by atoms with E-state index in [1.165, 1.54) is 16.4 Å². The standard InChI is InChI=1S/C19H20N6O3S/c1-12-11-28-10-9-24(12)18-15-5-8-25(29(2,26)27)19(15)23-17(22-18)14-4-7-21-16-13(14)3-6-20-16/h3-8,12H,9-11H2,1-2H3,(H,20,21). The Kier molecular flexibility index (Phi) is 4.07. The zero-order chi connectivity index (χ0) is 20.2. The van der Waals surface area contributed by atoms with Crippen LogP contribution in [-0.2, 0) is 14.8 Å². The molecule has 0 aromatic carbocycles. The van der Waals surface area contributed by atoms with E-state index in [0.29, 0.717) is 42.4 Å². The number of fused-ring (bicyclic) bond motifs is 2. The third-order valence-electron chi connectivity index (χ3n) is 5.19. The summed E-state index contributed by atoms with van der Waals surface area (Å²) in [7, 11) is -3.51. The summed E-state index contributed by atoms with van der Waals surface area (Å²) in [5.74, 6) is 1.17. The number of hydrogen-bond acceptors (Lipinski definition) is 7. The lowest BCUT2D eigenvalue weighted by Gasteiger charge is -2.34. The number of pyridine rings is 1. The average Bonchev–Trinajstić information content (AvgIpc) is 3.34. The zero-order valence-electron chi connectivity index (χ0n) is 16.0. The molecule has 1 N–H and O–H groups in total. The maximum absolute atomic E-state index is 12.3. The molecule has 1 unspecified atom stereocenters. The van der Waals surface area contributed by atoms with Gasteiger partial charge in [0.1, 0.15) is 11.5 Å². The summed E-state index contributed by atoms with van der Waals surface area (Å²) < 4.78 is 31.4. The molecule has 0 saturated carbocycles. The van der Waals surface area contributed by atoms with Crippen LogP contribution in [0.3, 0.4) is 0 Å². The van der Waals surface area contributed by atoms with Crippen molar-refractivity contribution in [3.8, 4) is 11.4 Å². The summed E-state index contributed by atoms with van der Waals surface area (Å²) in [6.07, 6.45) is 6.20. The van der Waals surface area contributed by atoms with E-state index < -0.39 is 10.0 Å². The van der Waals surface area contributed by atoms with Gasteiger partial charge in [0.2, 0.25) is 10.0 Å². The fourth-order valence-electron chi connectivity index (χ4n) is 3.78. The molecule has 4 aromatic rings. The van der Waals surface area contributed by atoms with Crippen molar-refractivity contribution < 1.29 is 13.2 Å². The second kappa shape index (κ2) is 6.53. The van der Waals surface area contributed by atoms with E-state index >= 15 is 0 Å². The van der Waals surface area contributed by atoms with Crippen molar-refractivity contribution in [2.45, 2.75) is 13.0 Å². The van der Waals surface area contributed by atoms with Gasteiger partial charge in [0, 0.05) is 36.1 Å². The third-order valence-corrected chi connectivity index (χ3v) is 6.20. The highest BCUT2D eigenvalue weighted by Crippen LogP contribution is 2.32. The summed E-state index contributed by atoms with van der Waals surface area (Å²) in [5.41, 5.74) is 1.89. The Morgan fingerprint density at radius 1 is 1.21 bits per heavy atom. The molecule has 0 radical (unpaired) electrons. The summed E-state index contributed by atoms with van der Waals surface area (Å²) in [4.78, 5) is 19.1. The van der Waals surface area contributed by atoms with E-state index in [4.69, 9.17) is 9.72 Å². The van der Waals surface area contributed by atoms with Crippen molar-refractivity contribution in [2.75, 3.05) is 30.9 Å². The Bertz CT molecular complexity index is 1330. The molecule has 4 aromatic heterocycles. The van der Waals surface area contributed by atoms with Gasteiger partial charge in [-0.15, -0.1) is 0 Å². The number of nitrogens with one attached hydrogen (secondary N) is 1. The first-order valence-electron chi connectivity index (χ1n) is 9.30. The van der Waals surface area contributed by atoms with Crippen LogP contribution >= 0.6 is 0 Å². The number of anilines is 1. The van der Waals surface area contributed by atoms with Crippen molar-refractivity contribution in [3.63, 3.8) is 0 Å². The van der Waals surface area contributed by atoms with Gasteiger partial charge in [-0.25, -0.2) is 27.3 Å². The molecule has 0 amide bonds. The lowest BCUT2D eigenvalue weighted by molar-refractivity contribution is 0.0987. The predicted octanol–water partition coefficient (Wildman–Crippen LogP) is 2.01. The maximum Gasteiger partial charge on any atom is 0.237 e. The fourth-order valence-corrected chi connectivity index (χ4v) is 4.52. The topological polar surface area (TPSA) is 106 Å². The van der Waals surface area contributed by atoms with Crippen LogP contribution in [0, 0.1) is 0 Å². The lowest BCUT2D eigenvalue weighted by atomic mass is 10.1. The predicted molar refractivity (Wildman–Crippen MR) is 110 cm³/mol. The van der Waals surface area contributed by atoms with Crippen molar-refractivity contribution in [2.24, 2.45) is 0 Å². The second-order valence-electron chi connectivity index (χ2n) is 7.20. The third kappa shape index (κ3) is 2.95. The molecule has 1 atom stereocenters. The van der Waals surface area contributed by atoms with Crippen LogP contribution in [-0.4, -0.2) is 64.4 Å². The van der Waals surface area contributed by atoms with Crippen LogP contribution in [0.15, 0.2) is 36.8 Å². The van der Waals surface area contributed by atoms with E-state index in [0.717, 1.165) is 16.6 Å². The molecular formula is C19H20N6O3S. The molecule has 10 heteroatoms. The van der Waals surface area contributed by atoms with Crippen LogP contribution in [0.25, 0.3) is 33.5 Å². The van der Waals surface area contributed by atoms with Gasteiger partial charge in [-0.1, -0.05) is 0 Å². The smallest absolute Gasteiger partial charge is 0.237 e. The van der Waals surface area contributed by atoms with E-state index in [9.17, 15) is 8.42 Å². The molecule has 9 nitrogen and oxygen atoms in total. The van der Waals surface area contributed by atoms with Gasteiger partial charge in [0.15, 0.2) is 11.5 Å². The molecule has 1 aliphatic heterocycles. The van der Waals surface area contributed by atoms with E-state index in [1.54, 1.807) is 12.3 Å². The Balaban J connectivity index is 1.82. The van der Waals surface area contributed by atoms with Crippen LogP contribution in [0.5, 0.6) is 0 Å². The van der Waals surface area contributed by atoms with Crippen molar-refractivity contribution in [1.29, 1.82) is 0 Å². The van der Waals surface area contributed by atoms with Crippen molar-refractivity contribution in [1.82, 2.24) is 23.9 Å². The molecule has 29 heavy (non-hydrogen) atoms. The molecule has 150 valence electrons. The van der Waals surface area contributed by atoms with Crippen molar-refractivity contribution >= 4 is 37.9 Å². The van der Waals surface area contributed by atoms with Gasteiger partial charge < -0.3 is 14.6 Å². The van der Waals surface area contributed by atoms with Crippen LogP contribution in [0.2, 0.25) is 0 Å². The minimum Gasteiger partial charge on any atom is -0.377 e. The van der Waals surface area contributed by atoms with Gasteiger partial charge in [0.25, 0.3) is 0 Å². The van der Waals surface area contributed by atoms with Crippen molar-refractivity contribution in [3.05, 3.63) is 36.8 Å². The highest BCUT2D eigenvalue weighted by Gasteiger charge is 2.26. The Hall–Kier alpha value is -2.98. The quantitative estimate of drug-likeness (QED) is 0.549. The summed E-state index contributed by atoms with van der Waals surface area (Å²) >= 11 is 0. The summed E-state index contributed by atoms with van der Waals surface area (Å²) in [6, 6.07) is 5.63. The van der Waals surface area contributed by atoms with Gasteiger partial charge in [-0.2, -0.15) is 0 Å². The number of aromatic amines is 1. The summed E-state index contributed by atoms with van der Waals surface area (Å²) in [5, 5.41) is 1.58. The monoisotopic (exact) mass is 412 g/mol. The normalized spacial score (nSPS) is 18.0. The van der Waals surface area contributed by atoms with E-state index in [1.807, 2.05) is 18.3 Å². The molecule has 1 saturated heterocycles. The van der Waals surface area contributed by atoms with Crippen LogP contribution in [0.4, 0.5) is 5.82 Å². The Morgan fingerprint density at radius 3 is 2.86 bits per heavy atom. The van der Waals surface area contributed by atoms with E-state index in [2.05, 4.69) is 26.8 Å². The fraction of sp³-hybridized carbons (Fsp3) is 0.316. The van der Waals surface area contributed by atoms with Gasteiger partial charge in [-0.05, 0) is 25.1 Å². The molecule has 0 bridgehead atoms. The number of rotatable bonds is 3. The molecule has 0 aliphatic carbocycles. The summed E-state index contributed by atoms with van der Waals surface area (Å²) in [6.45, 7) is 3.92. The van der Waals surface area contributed by atoms with Crippen LogP contribution < -0.4 is 4.90 Å². The average molecular weight is 412 g/mol. The zero-order valence-corrected chi connectivity index (χ0v) is 16.8. The second-order valence-corrected chi connectivity index (χ2v) is 9.06. The first-order chi connectivity index (χ1) is 13.9. The maximum atomic E-state index is 12.3. The molecule has 1 fully saturated rings. The Labute approximate surface area is 167 Å². The SMILES string of the molecule is CC1COCCN1c1nc(-c2ccnc3[nH]ccc23)nc2c1ccn2S(C)(=O)=O. The lowest BCUT2D eigenvalue weighted by Crippen LogP contribution is -2.44. The number of ether oxygens (including phenoxy) is 1. The first-order valence-corrected chi connectivity index (χ1v) is 11.1. The molecule has 5 rings (SSSR count). The number of H-pyrrole nitrogens is 1. The number of aromatic nitrogens is 5. The van der Waals surface area contributed by atoms with Gasteiger partial charge in [-0.3, -0.25) is 0 Å². The Morgan fingerprint density at radius 2 is 2.07 bits per heavy atom. The highest BCUT2D eigenvalue weighted by molar-refractivity contribution is 7.89. The van der Waals surface area contributed by atoms with Gasteiger partial charge in [0.05, 0.1) is 30.9 Å². The molecule has 5 heterocycles. The largest absolute Gasteiger partial charge is 0.377 e. The molecular weight excluding hydrogens is 392 g/mol. The van der Waals surface area contributed by atoms with Crippen LogP contribution in [0.1, 0.15) is 6.92 Å². The number of hydrogen-bond donors (Lipinski definition) is 1. The van der Waals surface area contributed by atoms with Gasteiger partial charge >= 0.3 is 0 Å². The molecule has 1 aliphatic rings. The number of nitrogens with zero attached hydrogens (tertiary/aromatic N) is 5. The minimum atomic E-state index is -3.51. The number of morpholine rings is 1. The first kappa shape index (κ1) is 18.1. The highest BCUT2D eigenvalue weighted by atomic mass is 32.2. The molecule has 0 spiro atoms.